The minimum Gasteiger partial charge on any atom is -0.383 e. The average Bonchev–Trinajstić information content (AvgIpc) is 3.30. The van der Waals surface area contributed by atoms with E-state index < -0.39 is 0 Å². The van der Waals surface area contributed by atoms with Crippen molar-refractivity contribution in [1.29, 1.82) is 0 Å². The van der Waals surface area contributed by atoms with E-state index in [1.165, 1.54) is 6.42 Å². The molecule has 0 radical (unpaired) electrons. The summed E-state index contributed by atoms with van der Waals surface area (Å²) in [6.07, 6.45) is 8.60. The highest BCUT2D eigenvalue weighted by Gasteiger charge is 2.22. The van der Waals surface area contributed by atoms with Gasteiger partial charge in [0.15, 0.2) is 0 Å². The highest BCUT2D eigenvalue weighted by molar-refractivity contribution is 5.94. The Hall–Kier alpha value is -4.00. The van der Waals surface area contributed by atoms with Crippen molar-refractivity contribution in [3.05, 3.63) is 90.0 Å². The normalized spacial score (nSPS) is 16.5. The van der Waals surface area contributed by atoms with E-state index in [2.05, 4.69) is 44.2 Å². The van der Waals surface area contributed by atoms with Crippen LogP contribution < -0.4 is 16.0 Å². The van der Waals surface area contributed by atoms with Gasteiger partial charge in [0.05, 0.1) is 11.6 Å². The Labute approximate surface area is 199 Å². The zero-order valence-corrected chi connectivity index (χ0v) is 19.2. The largest absolute Gasteiger partial charge is 0.383 e. The molecule has 7 nitrogen and oxygen atoms in total. The van der Waals surface area contributed by atoms with Gasteiger partial charge in [0.25, 0.3) is 5.91 Å². The van der Waals surface area contributed by atoms with Crippen LogP contribution in [0.25, 0.3) is 10.8 Å². The third-order valence-corrected chi connectivity index (χ3v) is 6.45. The molecule has 1 aliphatic heterocycles. The molecule has 7 heteroatoms. The molecule has 1 aromatic carbocycles. The first kappa shape index (κ1) is 21.8. The molecule has 2 unspecified atom stereocenters. The van der Waals surface area contributed by atoms with Crippen molar-refractivity contribution in [3.63, 3.8) is 0 Å². The fourth-order valence-electron chi connectivity index (χ4n) is 4.57. The second-order valence-corrected chi connectivity index (χ2v) is 9.01. The van der Waals surface area contributed by atoms with Crippen LogP contribution in [0, 0.1) is 5.92 Å². The smallest absolute Gasteiger partial charge is 0.253 e. The maximum absolute atomic E-state index is 13.1. The molecule has 3 N–H and O–H groups in total. The molecule has 0 saturated carbocycles. The molecule has 1 amide bonds. The lowest BCUT2D eigenvalue weighted by molar-refractivity contribution is 0.0936. The Morgan fingerprint density at radius 1 is 1.15 bits per heavy atom. The molecule has 34 heavy (non-hydrogen) atoms. The van der Waals surface area contributed by atoms with Crippen LogP contribution in [0.2, 0.25) is 0 Å². The van der Waals surface area contributed by atoms with E-state index in [0.717, 1.165) is 40.8 Å². The summed E-state index contributed by atoms with van der Waals surface area (Å²) in [4.78, 5) is 28.3. The van der Waals surface area contributed by atoms with Crippen LogP contribution in [0.15, 0.2) is 73.3 Å². The maximum atomic E-state index is 13.1. The number of anilines is 2. The summed E-state index contributed by atoms with van der Waals surface area (Å²) in [5.41, 5.74) is 8.69. The summed E-state index contributed by atoms with van der Waals surface area (Å²) in [5, 5.41) is 5.18. The predicted octanol–water partition coefficient (Wildman–Crippen LogP) is 4.17. The number of carbonyl (C=O) groups is 1. The fourth-order valence-corrected chi connectivity index (χ4v) is 4.57. The number of fused-ring (bicyclic) bond motifs is 1. The monoisotopic (exact) mass is 452 g/mol. The van der Waals surface area contributed by atoms with Gasteiger partial charge in [-0.05, 0) is 65.6 Å². The maximum Gasteiger partial charge on any atom is 0.253 e. The number of aromatic nitrogens is 3. The Balaban J connectivity index is 1.47. The van der Waals surface area contributed by atoms with Gasteiger partial charge in [-0.2, -0.15) is 0 Å². The SMILES string of the molecule is CC1CCN(c2cc(C(Cc3ccc4c(N)nccc4c3)NC(=O)c3cccnc3)ccn2)C1. The van der Waals surface area contributed by atoms with Crippen LogP contribution in [0.1, 0.15) is 40.9 Å². The highest BCUT2D eigenvalue weighted by atomic mass is 16.1. The Bertz CT molecular complexity index is 1310. The number of pyridine rings is 3. The summed E-state index contributed by atoms with van der Waals surface area (Å²) in [6.45, 7) is 4.27. The molecular weight excluding hydrogens is 424 g/mol. The predicted molar refractivity (Wildman–Crippen MR) is 135 cm³/mol. The van der Waals surface area contributed by atoms with Crippen molar-refractivity contribution < 1.29 is 4.79 Å². The van der Waals surface area contributed by atoms with Gasteiger partial charge in [0, 0.05) is 43.3 Å². The third kappa shape index (κ3) is 4.69. The lowest BCUT2D eigenvalue weighted by Crippen LogP contribution is -2.30. The molecule has 0 aliphatic carbocycles. The summed E-state index contributed by atoms with van der Waals surface area (Å²) >= 11 is 0. The van der Waals surface area contributed by atoms with Gasteiger partial charge in [-0.1, -0.05) is 25.1 Å². The van der Waals surface area contributed by atoms with E-state index >= 15 is 0 Å². The Morgan fingerprint density at radius 3 is 2.82 bits per heavy atom. The second-order valence-electron chi connectivity index (χ2n) is 9.01. The topological polar surface area (TPSA) is 97.0 Å². The van der Waals surface area contributed by atoms with Gasteiger partial charge in [0.2, 0.25) is 0 Å². The molecule has 1 saturated heterocycles. The van der Waals surface area contributed by atoms with Crippen LogP contribution in [0.5, 0.6) is 0 Å². The van der Waals surface area contributed by atoms with E-state index in [1.54, 1.807) is 30.7 Å². The van der Waals surface area contributed by atoms with E-state index in [9.17, 15) is 4.79 Å². The highest BCUT2D eigenvalue weighted by Crippen LogP contribution is 2.28. The van der Waals surface area contributed by atoms with Crippen LogP contribution in [0.4, 0.5) is 11.6 Å². The lowest BCUT2D eigenvalue weighted by atomic mass is 9.97. The van der Waals surface area contributed by atoms with Crippen molar-refractivity contribution in [1.82, 2.24) is 20.3 Å². The first-order valence-electron chi connectivity index (χ1n) is 11.6. The van der Waals surface area contributed by atoms with Crippen molar-refractivity contribution in [2.45, 2.75) is 25.8 Å². The number of hydrogen-bond donors (Lipinski definition) is 2. The molecule has 172 valence electrons. The van der Waals surface area contributed by atoms with Gasteiger partial charge >= 0.3 is 0 Å². The van der Waals surface area contributed by atoms with Crippen LogP contribution in [0.3, 0.4) is 0 Å². The Kier molecular flexibility index (Phi) is 6.08. The zero-order chi connectivity index (χ0) is 23.5. The van der Waals surface area contributed by atoms with Crippen molar-refractivity contribution in [2.24, 2.45) is 5.92 Å². The van der Waals surface area contributed by atoms with Gasteiger partial charge in [-0.3, -0.25) is 9.78 Å². The molecule has 3 aromatic heterocycles. The molecule has 4 aromatic rings. The van der Waals surface area contributed by atoms with Gasteiger partial charge in [0.1, 0.15) is 11.6 Å². The number of carbonyl (C=O) groups excluding carboxylic acids is 1. The summed E-state index contributed by atoms with van der Waals surface area (Å²) in [6, 6.07) is 15.5. The summed E-state index contributed by atoms with van der Waals surface area (Å²) in [7, 11) is 0. The van der Waals surface area contributed by atoms with Crippen LogP contribution in [-0.2, 0) is 6.42 Å². The molecular formula is C27H28N6O. The zero-order valence-electron chi connectivity index (χ0n) is 19.2. The molecule has 0 spiro atoms. The number of nitrogens with one attached hydrogen (secondary N) is 1. The molecule has 2 atom stereocenters. The fraction of sp³-hybridized carbons (Fsp3) is 0.259. The lowest BCUT2D eigenvalue weighted by Gasteiger charge is -2.23. The molecule has 0 bridgehead atoms. The van der Waals surface area contributed by atoms with Gasteiger partial charge in [-0.25, -0.2) is 9.97 Å². The van der Waals surface area contributed by atoms with Crippen LogP contribution in [-0.4, -0.2) is 33.9 Å². The molecule has 5 rings (SSSR count). The van der Waals surface area contributed by atoms with Gasteiger partial charge in [-0.15, -0.1) is 0 Å². The summed E-state index contributed by atoms with van der Waals surface area (Å²) < 4.78 is 0. The van der Waals surface area contributed by atoms with Crippen LogP contribution >= 0.6 is 0 Å². The summed E-state index contributed by atoms with van der Waals surface area (Å²) in [5.74, 6) is 1.98. The van der Waals surface area contributed by atoms with Crippen molar-refractivity contribution in [3.8, 4) is 0 Å². The number of nitrogens with two attached hydrogens (primary N) is 1. The number of nitrogens with zero attached hydrogens (tertiary/aromatic N) is 4. The van der Waals surface area contributed by atoms with Crippen molar-refractivity contribution in [2.75, 3.05) is 23.7 Å². The Morgan fingerprint density at radius 2 is 2.03 bits per heavy atom. The minimum atomic E-state index is -0.230. The quantitative estimate of drug-likeness (QED) is 0.456. The average molecular weight is 453 g/mol. The standard InChI is InChI=1S/C27H28N6O/c1-18-8-12-33(17-18)25-15-21(7-10-30-25)24(32-27(34)22-3-2-9-29-16-22)14-19-4-5-23-20(13-19)6-11-31-26(23)28/h2-7,9-11,13,15-16,18,24H,8,12,14,17H2,1H3,(H2,28,31)(H,32,34). The molecule has 4 heterocycles. The number of nitrogen functional groups attached to an aromatic ring is 1. The van der Waals surface area contributed by atoms with Gasteiger partial charge < -0.3 is 16.0 Å². The van der Waals surface area contributed by atoms with E-state index in [4.69, 9.17) is 5.73 Å². The van der Waals surface area contributed by atoms with E-state index in [0.29, 0.717) is 23.7 Å². The van der Waals surface area contributed by atoms with E-state index in [-0.39, 0.29) is 11.9 Å². The third-order valence-electron chi connectivity index (χ3n) is 6.45. The molecule has 1 aliphatic rings. The van der Waals surface area contributed by atoms with E-state index in [1.807, 2.05) is 30.5 Å². The number of hydrogen-bond acceptors (Lipinski definition) is 6. The number of amides is 1. The minimum absolute atomic E-state index is 0.152. The second kappa shape index (κ2) is 9.47. The number of benzene rings is 1. The first-order chi connectivity index (χ1) is 16.6. The molecule has 1 fully saturated rings. The number of rotatable bonds is 6. The first-order valence-corrected chi connectivity index (χ1v) is 11.6. The van der Waals surface area contributed by atoms with Crippen molar-refractivity contribution >= 4 is 28.3 Å².